The minimum atomic E-state index is 0.866. The van der Waals surface area contributed by atoms with E-state index in [1.807, 2.05) is 26.1 Å². The second kappa shape index (κ2) is 2.48. The van der Waals surface area contributed by atoms with Gasteiger partial charge in [0.1, 0.15) is 5.82 Å². The Morgan fingerprint density at radius 3 is 3.00 bits per heavy atom. The summed E-state index contributed by atoms with van der Waals surface area (Å²) >= 11 is 0. The molecule has 0 spiro atoms. The number of nitrogens with one attached hydrogen (secondary N) is 1. The van der Waals surface area contributed by atoms with Crippen molar-refractivity contribution in [2.45, 2.75) is 6.92 Å². The molecule has 0 unspecified atom stereocenters. The predicted molar refractivity (Wildman–Crippen MR) is 47.3 cm³/mol. The van der Waals surface area contributed by atoms with E-state index in [0.717, 1.165) is 17.2 Å². The van der Waals surface area contributed by atoms with Gasteiger partial charge in [-0.3, -0.25) is 0 Å². The van der Waals surface area contributed by atoms with Crippen molar-refractivity contribution in [3.63, 3.8) is 0 Å². The van der Waals surface area contributed by atoms with E-state index in [1.54, 1.807) is 10.7 Å². The van der Waals surface area contributed by atoms with Crippen LogP contribution in [-0.4, -0.2) is 21.6 Å². The molecule has 1 N–H and O–H groups in total. The zero-order chi connectivity index (χ0) is 8.55. The molecule has 0 aliphatic carbocycles. The van der Waals surface area contributed by atoms with Crippen LogP contribution in [0.3, 0.4) is 0 Å². The molecular formula is C8H10N4. The van der Waals surface area contributed by atoms with E-state index in [-0.39, 0.29) is 0 Å². The van der Waals surface area contributed by atoms with Crippen LogP contribution in [0.5, 0.6) is 0 Å². The molecule has 2 aromatic rings. The van der Waals surface area contributed by atoms with Crippen molar-refractivity contribution in [3.8, 4) is 0 Å². The summed E-state index contributed by atoms with van der Waals surface area (Å²) in [6.07, 6.45) is 1.77. The average molecular weight is 162 g/mol. The summed E-state index contributed by atoms with van der Waals surface area (Å²) in [6.45, 7) is 1.96. The van der Waals surface area contributed by atoms with E-state index in [2.05, 4.69) is 15.4 Å². The highest BCUT2D eigenvalue weighted by molar-refractivity contribution is 5.48. The van der Waals surface area contributed by atoms with Gasteiger partial charge in [-0.15, -0.1) is 0 Å². The molecule has 0 saturated heterocycles. The molecular weight excluding hydrogens is 152 g/mol. The summed E-state index contributed by atoms with van der Waals surface area (Å²) in [7, 11) is 1.85. The van der Waals surface area contributed by atoms with E-state index in [4.69, 9.17) is 0 Å². The third kappa shape index (κ3) is 0.922. The van der Waals surface area contributed by atoms with Crippen LogP contribution >= 0.6 is 0 Å². The van der Waals surface area contributed by atoms with Crippen molar-refractivity contribution in [2.75, 3.05) is 12.4 Å². The molecule has 0 radical (unpaired) electrons. The molecule has 0 saturated carbocycles. The van der Waals surface area contributed by atoms with Crippen LogP contribution in [0.15, 0.2) is 18.3 Å². The van der Waals surface area contributed by atoms with E-state index in [0.29, 0.717) is 0 Å². The molecule has 0 aliphatic rings. The zero-order valence-corrected chi connectivity index (χ0v) is 7.07. The van der Waals surface area contributed by atoms with Gasteiger partial charge in [-0.05, 0) is 19.1 Å². The van der Waals surface area contributed by atoms with Crippen LogP contribution in [0.4, 0.5) is 5.82 Å². The first-order valence-corrected chi connectivity index (χ1v) is 3.80. The topological polar surface area (TPSA) is 42.2 Å². The maximum Gasteiger partial charge on any atom is 0.155 e. The molecule has 2 aromatic heterocycles. The number of imidazole rings is 1. The van der Waals surface area contributed by atoms with Gasteiger partial charge in [0.25, 0.3) is 0 Å². The number of aryl methyl sites for hydroxylation is 1. The number of aromatic nitrogens is 3. The molecule has 2 rings (SSSR count). The normalized spacial score (nSPS) is 10.5. The number of hydrogen-bond acceptors (Lipinski definition) is 3. The Morgan fingerprint density at radius 2 is 2.25 bits per heavy atom. The van der Waals surface area contributed by atoms with E-state index < -0.39 is 0 Å². The van der Waals surface area contributed by atoms with Crippen LogP contribution in [0, 0.1) is 6.92 Å². The number of hydrogen-bond donors (Lipinski definition) is 1. The lowest BCUT2D eigenvalue weighted by Gasteiger charge is -1.98. The third-order valence-corrected chi connectivity index (χ3v) is 1.75. The van der Waals surface area contributed by atoms with E-state index in [9.17, 15) is 0 Å². The van der Waals surface area contributed by atoms with Gasteiger partial charge in [0.2, 0.25) is 0 Å². The van der Waals surface area contributed by atoms with Gasteiger partial charge in [0, 0.05) is 7.05 Å². The van der Waals surface area contributed by atoms with Crippen molar-refractivity contribution >= 4 is 11.5 Å². The number of fused-ring (bicyclic) bond motifs is 1. The molecule has 0 fully saturated rings. The fourth-order valence-electron chi connectivity index (χ4n) is 1.14. The number of rotatable bonds is 1. The first kappa shape index (κ1) is 7.09. The van der Waals surface area contributed by atoms with Gasteiger partial charge in [-0.2, -0.15) is 9.61 Å². The summed E-state index contributed by atoms with van der Waals surface area (Å²) in [5.41, 5.74) is 1.85. The fraction of sp³-hybridized carbons (Fsp3) is 0.250. The quantitative estimate of drug-likeness (QED) is 0.682. The summed E-state index contributed by atoms with van der Waals surface area (Å²) in [5.74, 6) is 0.911. The lowest BCUT2D eigenvalue weighted by molar-refractivity contribution is 0.904. The van der Waals surface area contributed by atoms with Gasteiger partial charge in [-0.1, -0.05) is 0 Å². The summed E-state index contributed by atoms with van der Waals surface area (Å²) in [5, 5.41) is 7.31. The summed E-state index contributed by atoms with van der Waals surface area (Å²) in [6, 6.07) is 3.89. The second-order valence-corrected chi connectivity index (χ2v) is 2.64. The molecule has 0 bridgehead atoms. The Bertz CT molecular complexity index is 404. The maximum absolute atomic E-state index is 4.30. The Balaban J connectivity index is 2.75. The smallest absolute Gasteiger partial charge is 0.155 e. The second-order valence-electron chi connectivity index (χ2n) is 2.64. The third-order valence-electron chi connectivity index (χ3n) is 1.75. The first-order valence-electron chi connectivity index (χ1n) is 3.80. The van der Waals surface area contributed by atoms with Gasteiger partial charge in [0.05, 0.1) is 11.9 Å². The molecule has 12 heavy (non-hydrogen) atoms. The monoisotopic (exact) mass is 162 g/mol. The van der Waals surface area contributed by atoms with Gasteiger partial charge in [-0.25, -0.2) is 4.98 Å². The molecule has 4 nitrogen and oxygen atoms in total. The molecule has 0 amide bonds. The Labute approximate surface area is 70.2 Å². The number of anilines is 1. The largest absolute Gasteiger partial charge is 0.372 e. The Hall–Kier alpha value is -1.58. The molecule has 0 atom stereocenters. The van der Waals surface area contributed by atoms with Gasteiger partial charge in [0.15, 0.2) is 5.65 Å². The van der Waals surface area contributed by atoms with Gasteiger partial charge < -0.3 is 5.32 Å². The predicted octanol–water partition coefficient (Wildman–Crippen LogP) is 1.08. The highest BCUT2D eigenvalue weighted by Crippen LogP contribution is 2.08. The summed E-state index contributed by atoms with van der Waals surface area (Å²) in [4.78, 5) is 4.17. The zero-order valence-electron chi connectivity index (χ0n) is 7.07. The Kier molecular flexibility index (Phi) is 1.46. The van der Waals surface area contributed by atoms with E-state index in [1.165, 1.54) is 0 Å². The van der Waals surface area contributed by atoms with Crippen molar-refractivity contribution in [3.05, 3.63) is 24.0 Å². The highest BCUT2D eigenvalue weighted by atomic mass is 15.3. The SMILES string of the molecule is CNc1cnc2ccc(C)nn12. The van der Waals surface area contributed by atoms with Crippen molar-refractivity contribution in [2.24, 2.45) is 0 Å². The fourth-order valence-corrected chi connectivity index (χ4v) is 1.14. The molecule has 0 aliphatic heterocycles. The van der Waals surface area contributed by atoms with Gasteiger partial charge >= 0.3 is 0 Å². The number of nitrogens with zero attached hydrogens (tertiary/aromatic N) is 3. The summed E-state index contributed by atoms with van der Waals surface area (Å²) < 4.78 is 1.79. The molecule has 4 heteroatoms. The van der Waals surface area contributed by atoms with Crippen LogP contribution in [-0.2, 0) is 0 Å². The van der Waals surface area contributed by atoms with Crippen LogP contribution in [0.2, 0.25) is 0 Å². The lowest BCUT2D eigenvalue weighted by Crippen LogP contribution is -1.98. The maximum atomic E-state index is 4.30. The van der Waals surface area contributed by atoms with Crippen molar-refractivity contribution in [1.29, 1.82) is 0 Å². The van der Waals surface area contributed by atoms with Crippen LogP contribution < -0.4 is 5.32 Å². The van der Waals surface area contributed by atoms with Crippen molar-refractivity contribution < 1.29 is 0 Å². The Morgan fingerprint density at radius 1 is 1.42 bits per heavy atom. The van der Waals surface area contributed by atoms with Crippen LogP contribution in [0.25, 0.3) is 5.65 Å². The lowest BCUT2D eigenvalue weighted by atomic mass is 10.4. The van der Waals surface area contributed by atoms with Crippen molar-refractivity contribution in [1.82, 2.24) is 14.6 Å². The minimum absolute atomic E-state index is 0.866. The molecule has 0 aromatic carbocycles. The standard InChI is InChI=1S/C8H10N4/c1-6-3-4-7-10-5-8(9-2)12(7)11-6/h3-5,9H,1-2H3. The van der Waals surface area contributed by atoms with Crippen LogP contribution in [0.1, 0.15) is 5.69 Å². The average Bonchev–Trinajstić information content (AvgIpc) is 2.46. The first-order chi connectivity index (χ1) is 5.81. The van der Waals surface area contributed by atoms with E-state index >= 15 is 0 Å². The molecule has 2 heterocycles. The molecule has 62 valence electrons. The minimum Gasteiger partial charge on any atom is -0.372 e. The highest BCUT2D eigenvalue weighted by Gasteiger charge is 2.00.